The molecule has 0 fully saturated rings. The predicted molar refractivity (Wildman–Crippen MR) is 85.7 cm³/mol. The van der Waals surface area contributed by atoms with E-state index in [9.17, 15) is 0 Å². The molecular formula is C20H12. The van der Waals surface area contributed by atoms with Crippen LogP contribution in [0.4, 0.5) is 0 Å². The zero-order valence-electron chi connectivity index (χ0n) is 10.9. The highest BCUT2D eigenvalue weighted by molar-refractivity contribution is 6.13. The summed E-state index contributed by atoms with van der Waals surface area (Å²) < 4.78 is 0. The van der Waals surface area contributed by atoms with Crippen molar-refractivity contribution in [3.63, 3.8) is 0 Å². The van der Waals surface area contributed by atoms with E-state index in [0.29, 0.717) is 0 Å². The van der Waals surface area contributed by atoms with Crippen LogP contribution >= 0.6 is 0 Å². The lowest BCUT2D eigenvalue weighted by molar-refractivity contribution is 1.65. The maximum atomic E-state index is 2.34. The molecule has 0 N–H and O–H groups in total. The molecule has 0 nitrogen and oxygen atoms in total. The summed E-state index contributed by atoms with van der Waals surface area (Å²) in [6.45, 7) is 0. The monoisotopic (exact) mass is 252 g/mol. The summed E-state index contributed by atoms with van der Waals surface area (Å²) in [5, 5.41) is 6.79. The minimum atomic E-state index is 1.33. The molecule has 1 aliphatic carbocycles. The average Bonchev–Trinajstić information content (AvgIpc) is 2.87. The highest BCUT2D eigenvalue weighted by atomic mass is 14.2. The molecule has 0 heteroatoms. The molecule has 0 radical (unpaired) electrons. The third kappa shape index (κ3) is 1.16. The molecule has 5 rings (SSSR count). The Balaban J connectivity index is 2.10. The molecule has 0 amide bonds. The van der Waals surface area contributed by atoms with Crippen molar-refractivity contribution in [3.05, 3.63) is 77.5 Å². The van der Waals surface area contributed by atoms with Gasteiger partial charge in [-0.15, -0.1) is 0 Å². The Morgan fingerprint density at radius 3 is 2.35 bits per heavy atom. The summed E-state index contributed by atoms with van der Waals surface area (Å²) in [5.74, 6) is 0. The van der Waals surface area contributed by atoms with Crippen molar-refractivity contribution in [1.82, 2.24) is 0 Å². The molecule has 0 saturated carbocycles. The van der Waals surface area contributed by atoms with Crippen molar-refractivity contribution in [2.45, 2.75) is 0 Å². The van der Waals surface area contributed by atoms with E-state index in [0.717, 1.165) is 0 Å². The quantitative estimate of drug-likeness (QED) is 0.380. The first-order valence-corrected chi connectivity index (χ1v) is 6.97. The van der Waals surface area contributed by atoms with Crippen LogP contribution in [0.25, 0.3) is 38.7 Å². The fraction of sp³-hybridized carbons (Fsp3) is 0. The van der Waals surface area contributed by atoms with E-state index in [1.807, 2.05) is 0 Å². The molecule has 4 aromatic rings. The van der Waals surface area contributed by atoms with Crippen molar-refractivity contribution in [3.8, 4) is 11.1 Å². The molecule has 0 atom stereocenters. The van der Waals surface area contributed by atoms with Gasteiger partial charge in [0, 0.05) is 0 Å². The van der Waals surface area contributed by atoms with E-state index in [4.69, 9.17) is 0 Å². The third-order valence-corrected chi connectivity index (χ3v) is 4.37. The topological polar surface area (TPSA) is 0 Å². The van der Waals surface area contributed by atoms with E-state index in [2.05, 4.69) is 72.8 Å². The fourth-order valence-corrected chi connectivity index (χ4v) is 3.50. The Hall–Kier alpha value is -2.60. The highest BCUT2D eigenvalue weighted by Gasteiger charge is 2.15. The second-order valence-corrected chi connectivity index (χ2v) is 5.45. The second kappa shape index (κ2) is 3.49. The molecule has 0 heterocycles. The summed E-state index contributed by atoms with van der Waals surface area (Å²) in [7, 11) is 0. The van der Waals surface area contributed by atoms with E-state index in [-0.39, 0.29) is 0 Å². The van der Waals surface area contributed by atoms with Crippen molar-refractivity contribution < 1.29 is 0 Å². The number of rotatable bonds is 0. The van der Waals surface area contributed by atoms with Gasteiger partial charge in [0.15, 0.2) is 0 Å². The highest BCUT2D eigenvalue weighted by Crippen LogP contribution is 2.33. The summed E-state index contributed by atoms with van der Waals surface area (Å²) in [6, 6.07) is 24.2. The molecule has 0 unspecified atom stereocenters. The van der Waals surface area contributed by atoms with Crippen LogP contribution in [0.15, 0.2) is 66.7 Å². The van der Waals surface area contributed by atoms with Gasteiger partial charge in [0.2, 0.25) is 0 Å². The van der Waals surface area contributed by atoms with Crippen molar-refractivity contribution >= 4 is 27.6 Å². The number of benzene rings is 4. The fourth-order valence-electron chi connectivity index (χ4n) is 3.50. The molecule has 0 aliphatic heterocycles. The third-order valence-electron chi connectivity index (χ3n) is 4.37. The van der Waals surface area contributed by atoms with Crippen molar-refractivity contribution in [1.29, 1.82) is 0 Å². The first-order valence-electron chi connectivity index (χ1n) is 6.97. The standard InChI is InChI=1S/C20H12/c1-2-9-16-14(5-1)11-19-17-10-4-7-13-6-3-8-15(20(13)17)12-18(16)19/h1-12H. The van der Waals surface area contributed by atoms with Crippen LogP contribution in [0.2, 0.25) is 0 Å². The number of fused-ring (bicyclic) bond motifs is 4. The minimum absolute atomic E-state index is 1.33. The SMILES string of the molecule is C1=c2c(cc3cccc4cccc2c43)-c2ccccc21. The predicted octanol–water partition coefficient (Wildman–Crippen LogP) is 4.52. The molecule has 92 valence electrons. The molecule has 4 aromatic carbocycles. The normalized spacial score (nSPS) is 12.4. The molecule has 0 bridgehead atoms. The summed E-state index contributed by atoms with van der Waals surface area (Å²) in [6.07, 6.45) is 2.33. The largest absolute Gasteiger partial charge is 0.0616 e. The Labute approximate surface area is 117 Å². The maximum absolute atomic E-state index is 2.34. The van der Waals surface area contributed by atoms with Gasteiger partial charge >= 0.3 is 0 Å². The first-order chi connectivity index (χ1) is 9.92. The van der Waals surface area contributed by atoms with Gasteiger partial charge in [-0.3, -0.25) is 0 Å². The maximum Gasteiger partial charge on any atom is -0.00324 e. The van der Waals surface area contributed by atoms with Crippen molar-refractivity contribution in [2.24, 2.45) is 0 Å². The summed E-state index contributed by atoms with van der Waals surface area (Å²) in [5.41, 5.74) is 4.05. The molecule has 0 spiro atoms. The smallest absolute Gasteiger partial charge is 0.00324 e. The second-order valence-electron chi connectivity index (χ2n) is 5.45. The minimum Gasteiger partial charge on any atom is -0.0616 e. The molecule has 0 saturated heterocycles. The van der Waals surface area contributed by atoms with Crippen LogP contribution in [-0.2, 0) is 0 Å². The Kier molecular flexibility index (Phi) is 1.78. The van der Waals surface area contributed by atoms with Gasteiger partial charge in [-0.25, -0.2) is 0 Å². The van der Waals surface area contributed by atoms with Gasteiger partial charge in [0.05, 0.1) is 0 Å². The summed E-state index contributed by atoms with van der Waals surface area (Å²) in [4.78, 5) is 0. The van der Waals surface area contributed by atoms with Crippen LogP contribution in [0.3, 0.4) is 0 Å². The zero-order valence-corrected chi connectivity index (χ0v) is 10.9. The first kappa shape index (κ1) is 10.2. The number of hydrogen-bond donors (Lipinski definition) is 0. The zero-order chi connectivity index (χ0) is 13.1. The number of hydrogen-bond acceptors (Lipinski definition) is 0. The molecular weight excluding hydrogens is 240 g/mol. The van der Waals surface area contributed by atoms with E-state index in [1.54, 1.807) is 0 Å². The Bertz CT molecular complexity index is 1030. The van der Waals surface area contributed by atoms with Crippen LogP contribution < -0.4 is 5.22 Å². The Morgan fingerprint density at radius 2 is 1.40 bits per heavy atom. The van der Waals surface area contributed by atoms with E-state index < -0.39 is 0 Å². The van der Waals surface area contributed by atoms with Gasteiger partial charge in [-0.1, -0.05) is 60.7 Å². The lowest BCUT2D eigenvalue weighted by Gasteiger charge is -2.08. The van der Waals surface area contributed by atoms with Crippen molar-refractivity contribution in [2.75, 3.05) is 0 Å². The van der Waals surface area contributed by atoms with E-state index >= 15 is 0 Å². The summed E-state index contributed by atoms with van der Waals surface area (Å²) >= 11 is 0. The van der Waals surface area contributed by atoms with E-state index in [1.165, 1.54) is 43.5 Å². The van der Waals surface area contributed by atoms with Crippen LogP contribution in [-0.4, -0.2) is 0 Å². The molecule has 20 heavy (non-hydrogen) atoms. The molecule has 1 aliphatic rings. The lowest BCUT2D eigenvalue weighted by Crippen LogP contribution is -2.03. The lowest BCUT2D eigenvalue weighted by atomic mass is 9.95. The van der Waals surface area contributed by atoms with Gasteiger partial charge in [-0.05, 0) is 55.6 Å². The van der Waals surface area contributed by atoms with Gasteiger partial charge in [0.25, 0.3) is 0 Å². The van der Waals surface area contributed by atoms with Crippen LogP contribution in [0, 0.1) is 0 Å². The average molecular weight is 252 g/mol. The van der Waals surface area contributed by atoms with Gasteiger partial charge in [0.1, 0.15) is 0 Å². The van der Waals surface area contributed by atoms with Gasteiger partial charge in [-0.2, -0.15) is 0 Å². The van der Waals surface area contributed by atoms with Crippen LogP contribution in [0.5, 0.6) is 0 Å². The molecule has 0 aromatic heterocycles. The van der Waals surface area contributed by atoms with Crippen LogP contribution in [0.1, 0.15) is 5.56 Å². The Morgan fingerprint density at radius 1 is 0.600 bits per heavy atom. The van der Waals surface area contributed by atoms with Gasteiger partial charge < -0.3 is 0 Å².